The SMILES string of the molecule is CC(C)(C)NC(=O)CSc1nc2ccc(NC(=O)c3ccccc3C(=O)O)cc2s1. The van der Waals surface area contributed by atoms with Crippen LogP contribution in [0.2, 0.25) is 0 Å². The molecule has 156 valence electrons. The van der Waals surface area contributed by atoms with Crippen molar-refractivity contribution in [3.8, 4) is 0 Å². The molecule has 0 aliphatic rings. The number of carboxylic acids is 1. The first-order valence-corrected chi connectivity index (χ1v) is 10.9. The Morgan fingerprint density at radius 3 is 2.47 bits per heavy atom. The second kappa shape index (κ2) is 8.85. The van der Waals surface area contributed by atoms with Crippen LogP contribution in [0.5, 0.6) is 0 Å². The van der Waals surface area contributed by atoms with Gasteiger partial charge in [0.25, 0.3) is 5.91 Å². The summed E-state index contributed by atoms with van der Waals surface area (Å²) in [6.45, 7) is 5.79. The molecule has 0 saturated heterocycles. The van der Waals surface area contributed by atoms with Crippen molar-refractivity contribution >= 4 is 56.8 Å². The topological polar surface area (TPSA) is 108 Å². The highest BCUT2D eigenvalue weighted by Gasteiger charge is 2.17. The van der Waals surface area contributed by atoms with E-state index in [0.717, 1.165) is 14.6 Å². The highest BCUT2D eigenvalue weighted by Crippen LogP contribution is 2.31. The Bertz CT molecular complexity index is 1120. The number of hydrogen-bond acceptors (Lipinski definition) is 6. The van der Waals surface area contributed by atoms with Crippen molar-refractivity contribution in [2.45, 2.75) is 30.6 Å². The third kappa shape index (κ3) is 5.58. The van der Waals surface area contributed by atoms with Crippen molar-refractivity contribution < 1.29 is 19.5 Å². The number of benzene rings is 2. The van der Waals surface area contributed by atoms with Crippen LogP contribution in [0.4, 0.5) is 5.69 Å². The summed E-state index contributed by atoms with van der Waals surface area (Å²) in [5.41, 5.74) is 1.06. The molecule has 30 heavy (non-hydrogen) atoms. The Hall–Kier alpha value is -2.91. The summed E-state index contributed by atoms with van der Waals surface area (Å²) in [6.07, 6.45) is 0. The molecule has 0 aliphatic carbocycles. The Morgan fingerprint density at radius 1 is 1.10 bits per heavy atom. The lowest BCUT2D eigenvalue weighted by molar-refractivity contribution is -0.119. The number of nitrogens with one attached hydrogen (secondary N) is 2. The molecule has 0 aliphatic heterocycles. The van der Waals surface area contributed by atoms with Crippen LogP contribution < -0.4 is 10.6 Å². The van der Waals surface area contributed by atoms with E-state index in [1.165, 1.54) is 35.2 Å². The predicted octanol–water partition coefficient (Wildman–Crippen LogP) is 4.25. The molecule has 0 unspecified atom stereocenters. The molecular weight excluding hydrogens is 422 g/mol. The molecule has 1 heterocycles. The number of amides is 2. The number of carbonyl (C=O) groups excluding carboxylic acids is 2. The quantitative estimate of drug-likeness (QED) is 0.492. The maximum absolute atomic E-state index is 12.5. The molecule has 0 spiro atoms. The van der Waals surface area contributed by atoms with E-state index in [1.807, 2.05) is 20.8 Å². The molecule has 2 amide bonds. The van der Waals surface area contributed by atoms with Gasteiger partial charge >= 0.3 is 5.97 Å². The van der Waals surface area contributed by atoms with Gasteiger partial charge in [0.15, 0.2) is 4.34 Å². The van der Waals surface area contributed by atoms with Crippen LogP contribution in [0.15, 0.2) is 46.8 Å². The number of aromatic nitrogens is 1. The molecule has 0 radical (unpaired) electrons. The Labute approximate surface area is 181 Å². The normalized spacial score (nSPS) is 11.3. The van der Waals surface area contributed by atoms with Crippen LogP contribution >= 0.6 is 23.1 Å². The van der Waals surface area contributed by atoms with Gasteiger partial charge in [-0.25, -0.2) is 9.78 Å². The van der Waals surface area contributed by atoms with Gasteiger partial charge in [0.2, 0.25) is 5.91 Å². The van der Waals surface area contributed by atoms with Gasteiger partial charge in [0.05, 0.1) is 27.1 Å². The Morgan fingerprint density at radius 2 is 1.80 bits per heavy atom. The largest absolute Gasteiger partial charge is 0.478 e. The summed E-state index contributed by atoms with van der Waals surface area (Å²) in [4.78, 5) is 40.4. The number of thioether (sulfide) groups is 1. The van der Waals surface area contributed by atoms with E-state index in [-0.39, 0.29) is 28.3 Å². The van der Waals surface area contributed by atoms with Crippen molar-refractivity contribution in [1.29, 1.82) is 0 Å². The minimum absolute atomic E-state index is 0.0545. The Kier molecular flexibility index (Phi) is 6.42. The number of fused-ring (bicyclic) bond motifs is 1. The number of thiazole rings is 1. The van der Waals surface area contributed by atoms with Crippen LogP contribution in [0.3, 0.4) is 0 Å². The maximum atomic E-state index is 12.5. The van der Waals surface area contributed by atoms with E-state index < -0.39 is 11.9 Å². The van der Waals surface area contributed by atoms with Gasteiger partial charge in [0.1, 0.15) is 0 Å². The second-order valence-electron chi connectivity index (χ2n) is 7.55. The first kappa shape index (κ1) is 21.8. The summed E-state index contributed by atoms with van der Waals surface area (Å²) < 4.78 is 1.62. The minimum Gasteiger partial charge on any atom is -0.478 e. The van der Waals surface area contributed by atoms with Crippen molar-refractivity contribution in [2.24, 2.45) is 0 Å². The van der Waals surface area contributed by atoms with Gasteiger partial charge in [-0.1, -0.05) is 23.9 Å². The van der Waals surface area contributed by atoms with E-state index in [1.54, 1.807) is 30.3 Å². The monoisotopic (exact) mass is 443 g/mol. The molecule has 0 fully saturated rings. The summed E-state index contributed by atoms with van der Waals surface area (Å²) in [5.74, 6) is -1.44. The summed E-state index contributed by atoms with van der Waals surface area (Å²) in [7, 11) is 0. The van der Waals surface area contributed by atoms with Gasteiger partial charge in [0, 0.05) is 11.2 Å². The fourth-order valence-electron chi connectivity index (χ4n) is 2.69. The first-order valence-electron chi connectivity index (χ1n) is 9.10. The van der Waals surface area contributed by atoms with Gasteiger partial charge in [-0.15, -0.1) is 11.3 Å². The van der Waals surface area contributed by atoms with Gasteiger partial charge < -0.3 is 15.7 Å². The molecule has 7 nitrogen and oxygen atoms in total. The Balaban J connectivity index is 1.71. The summed E-state index contributed by atoms with van der Waals surface area (Å²) in [5, 5.41) is 14.9. The van der Waals surface area contributed by atoms with Crippen molar-refractivity contribution in [2.75, 3.05) is 11.1 Å². The lowest BCUT2D eigenvalue weighted by Gasteiger charge is -2.19. The van der Waals surface area contributed by atoms with Gasteiger partial charge in [-0.05, 0) is 51.1 Å². The molecule has 2 aromatic carbocycles. The zero-order chi connectivity index (χ0) is 21.9. The van der Waals surface area contributed by atoms with E-state index >= 15 is 0 Å². The number of rotatable bonds is 6. The molecule has 3 rings (SSSR count). The average molecular weight is 444 g/mol. The molecule has 3 N–H and O–H groups in total. The molecular formula is C21H21N3O4S2. The van der Waals surface area contributed by atoms with Crippen LogP contribution in [0, 0.1) is 0 Å². The first-order chi connectivity index (χ1) is 14.1. The molecule has 0 saturated carbocycles. The minimum atomic E-state index is -1.16. The summed E-state index contributed by atoms with van der Waals surface area (Å²) >= 11 is 2.79. The molecule has 0 bridgehead atoms. The van der Waals surface area contributed by atoms with Crippen LogP contribution in [-0.2, 0) is 4.79 Å². The maximum Gasteiger partial charge on any atom is 0.336 e. The third-order valence-electron chi connectivity index (χ3n) is 3.87. The van der Waals surface area contributed by atoms with Crippen LogP contribution in [0.25, 0.3) is 10.2 Å². The second-order valence-corrected chi connectivity index (χ2v) is 9.81. The molecule has 0 atom stereocenters. The number of anilines is 1. The molecule has 1 aromatic heterocycles. The predicted molar refractivity (Wildman–Crippen MR) is 120 cm³/mol. The number of carbonyl (C=O) groups is 3. The number of carboxylic acid groups (broad SMARTS) is 1. The van der Waals surface area contributed by atoms with Crippen LogP contribution in [-0.4, -0.2) is 39.2 Å². The average Bonchev–Trinajstić information content (AvgIpc) is 3.07. The van der Waals surface area contributed by atoms with E-state index in [9.17, 15) is 19.5 Å². The number of nitrogens with zero attached hydrogens (tertiary/aromatic N) is 1. The fraction of sp³-hybridized carbons (Fsp3) is 0.238. The highest BCUT2D eigenvalue weighted by atomic mass is 32.2. The van der Waals surface area contributed by atoms with Crippen molar-refractivity contribution in [1.82, 2.24) is 10.3 Å². The van der Waals surface area contributed by atoms with Gasteiger partial charge in [-0.2, -0.15) is 0 Å². The van der Waals surface area contributed by atoms with Crippen molar-refractivity contribution in [3.63, 3.8) is 0 Å². The zero-order valence-corrected chi connectivity index (χ0v) is 18.3. The fourth-order valence-corrected chi connectivity index (χ4v) is 4.60. The molecule has 9 heteroatoms. The van der Waals surface area contributed by atoms with E-state index in [2.05, 4.69) is 15.6 Å². The standard InChI is InChI=1S/C21H21N3O4S2/c1-21(2,3)24-17(25)11-29-20-23-15-9-8-12(10-16(15)30-20)22-18(26)13-6-4-5-7-14(13)19(27)28/h4-10H,11H2,1-3H3,(H,22,26)(H,24,25)(H,27,28). The highest BCUT2D eigenvalue weighted by molar-refractivity contribution is 8.01. The van der Waals surface area contributed by atoms with E-state index in [0.29, 0.717) is 5.69 Å². The van der Waals surface area contributed by atoms with Crippen LogP contribution in [0.1, 0.15) is 41.5 Å². The molecule has 3 aromatic rings. The lowest BCUT2D eigenvalue weighted by atomic mass is 10.1. The summed E-state index contributed by atoms with van der Waals surface area (Å²) in [6, 6.07) is 11.3. The lowest BCUT2D eigenvalue weighted by Crippen LogP contribution is -2.41. The third-order valence-corrected chi connectivity index (χ3v) is 6.03. The van der Waals surface area contributed by atoms with E-state index in [4.69, 9.17) is 0 Å². The number of aromatic carboxylic acids is 1. The zero-order valence-electron chi connectivity index (χ0n) is 16.7. The number of hydrogen-bond donors (Lipinski definition) is 3. The van der Waals surface area contributed by atoms with Gasteiger partial charge in [-0.3, -0.25) is 9.59 Å². The van der Waals surface area contributed by atoms with Crippen molar-refractivity contribution in [3.05, 3.63) is 53.6 Å². The smallest absolute Gasteiger partial charge is 0.336 e.